The van der Waals surface area contributed by atoms with Gasteiger partial charge in [-0.1, -0.05) is 6.07 Å². The zero-order valence-corrected chi connectivity index (χ0v) is 11.0. The minimum atomic E-state index is -0.572. The van der Waals surface area contributed by atoms with Crippen molar-refractivity contribution in [1.82, 2.24) is 10.4 Å². The second-order valence-corrected chi connectivity index (χ2v) is 5.10. The molecule has 18 heavy (non-hydrogen) atoms. The number of amides is 2. The average Bonchev–Trinajstić information content (AvgIpc) is 2.92. The van der Waals surface area contributed by atoms with Gasteiger partial charge in [-0.25, -0.2) is 5.06 Å². The molecular formula is C12H16N2O3S. The van der Waals surface area contributed by atoms with Gasteiger partial charge in [0.05, 0.1) is 11.5 Å². The van der Waals surface area contributed by atoms with Gasteiger partial charge in [0.15, 0.2) is 0 Å². The van der Waals surface area contributed by atoms with Crippen molar-refractivity contribution in [3.8, 4) is 0 Å². The predicted octanol–water partition coefficient (Wildman–Crippen LogP) is 1.42. The lowest BCUT2D eigenvalue weighted by Crippen LogP contribution is -2.48. The average molecular weight is 268 g/mol. The maximum atomic E-state index is 12.0. The van der Waals surface area contributed by atoms with Gasteiger partial charge < -0.3 is 5.32 Å². The van der Waals surface area contributed by atoms with E-state index in [9.17, 15) is 9.59 Å². The zero-order valence-electron chi connectivity index (χ0n) is 10.2. The van der Waals surface area contributed by atoms with Crippen LogP contribution in [0.5, 0.6) is 0 Å². The van der Waals surface area contributed by atoms with Crippen LogP contribution < -0.4 is 5.32 Å². The number of rotatable bonds is 3. The molecule has 1 aromatic heterocycles. The summed E-state index contributed by atoms with van der Waals surface area (Å²) in [6, 6.07) is 2.96. The van der Waals surface area contributed by atoms with E-state index in [2.05, 4.69) is 5.32 Å². The summed E-state index contributed by atoms with van der Waals surface area (Å²) < 4.78 is 0. The lowest BCUT2D eigenvalue weighted by atomic mass is 10.2. The number of hydrogen-bond donors (Lipinski definition) is 1. The first-order valence-electron chi connectivity index (χ1n) is 5.97. The highest BCUT2D eigenvalue weighted by atomic mass is 32.1. The number of hydroxylamine groups is 2. The van der Waals surface area contributed by atoms with Gasteiger partial charge in [0.25, 0.3) is 11.8 Å². The molecule has 0 spiro atoms. The normalized spacial score (nSPS) is 17.3. The topological polar surface area (TPSA) is 58.6 Å². The van der Waals surface area contributed by atoms with E-state index >= 15 is 0 Å². The molecule has 0 aliphatic carbocycles. The fourth-order valence-corrected chi connectivity index (χ4v) is 2.35. The molecule has 2 amide bonds. The number of nitrogens with one attached hydrogen (secondary N) is 1. The van der Waals surface area contributed by atoms with Gasteiger partial charge in [-0.2, -0.15) is 0 Å². The largest absolute Gasteiger partial charge is 0.340 e. The van der Waals surface area contributed by atoms with Gasteiger partial charge in [0, 0.05) is 6.54 Å². The van der Waals surface area contributed by atoms with Gasteiger partial charge in [-0.05, 0) is 31.2 Å². The fourth-order valence-electron chi connectivity index (χ4n) is 1.72. The standard InChI is InChI=1S/C12H16N2O3S/c1-9(12(16)14-6-2-3-7-17-14)13-11(15)10-5-4-8-18-10/h4-5,8-9H,2-3,6-7H2,1H3,(H,13,15). The molecule has 1 saturated heterocycles. The molecule has 1 unspecified atom stereocenters. The van der Waals surface area contributed by atoms with Crippen molar-refractivity contribution >= 4 is 23.2 Å². The molecule has 0 saturated carbocycles. The summed E-state index contributed by atoms with van der Waals surface area (Å²) in [6.07, 6.45) is 1.91. The summed E-state index contributed by atoms with van der Waals surface area (Å²) in [5.74, 6) is -0.414. The van der Waals surface area contributed by atoms with Gasteiger partial charge in [-0.3, -0.25) is 14.4 Å². The van der Waals surface area contributed by atoms with E-state index in [0.717, 1.165) is 12.8 Å². The van der Waals surface area contributed by atoms with Crippen LogP contribution in [0.1, 0.15) is 29.4 Å². The molecule has 1 fully saturated rings. The fraction of sp³-hybridized carbons (Fsp3) is 0.500. The molecule has 1 N–H and O–H groups in total. The smallest absolute Gasteiger partial charge is 0.268 e. The van der Waals surface area contributed by atoms with Crippen LogP contribution in [0.25, 0.3) is 0 Å². The van der Waals surface area contributed by atoms with Crippen molar-refractivity contribution in [2.24, 2.45) is 0 Å². The van der Waals surface area contributed by atoms with E-state index in [0.29, 0.717) is 18.0 Å². The minimum Gasteiger partial charge on any atom is -0.340 e. The van der Waals surface area contributed by atoms with Crippen molar-refractivity contribution in [1.29, 1.82) is 0 Å². The Balaban J connectivity index is 1.88. The number of hydrogen-bond acceptors (Lipinski definition) is 4. The van der Waals surface area contributed by atoms with Crippen LogP contribution in [0.3, 0.4) is 0 Å². The molecule has 6 heteroatoms. The van der Waals surface area contributed by atoms with Crippen LogP contribution in [0.2, 0.25) is 0 Å². The van der Waals surface area contributed by atoms with Gasteiger partial charge in [-0.15, -0.1) is 11.3 Å². The molecule has 2 heterocycles. The summed E-state index contributed by atoms with van der Waals surface area (Å²) in [5.41, 5.74) is 0. The molecule has 0 radical (unpaired) electrons. The van der Waals surface area contributed by atoms with E-state index in [4.69, 9.17) is 4.84 Å². The van der Waals surface area contributed by atoms with Crippen molar-refractivity contribution in [2.45, 2.75) is 25.8 Å². The van der Waals surface area contributed by atoms with Gasteiger partial charge in [0.2, 0.25) is 0 Å². The number of nitrogens with zero attached hydrogens (tertiary/aromatic N) is 1. The zero-order chi connectivity index (χ0) is 13.0. The first-order valence-corrected chi connectivity index (χ1v) is 6.85. The van der Waals surface area contributed by atoms with E-state index < -0.39 is 6.04 Å². The third-order valence-corrected chi connectivity index (χ3v) is 3.58. The van der Waals surface area contributed by atoms with Crippen LogP contribution in [0.15, 0.2) is 17.5 Å². The van der Waals surface area contributed by atoms with E-state index in [-0.39, 0.29) is 11.8 Å². The van der Waals surface area contributed by atoms with Crippen LogP contribution in [0.4, 0.5) is 0 Å². The van der Waals surface area contributed by atoms with Crippen LogP contribution in [0, 0.1) is 0 Å². The SMILES string of the molecule is CC(NC(=O)c1cccs1)C(=O)N1CCCCO1. The molecule has 1 aliphatic rings. The number of carbonyl (C=O) groups excluding carboxylic acids is 2. The maximum absolute atomic E-state index is 12.0. The second-order valence-electron chi connectivity index (χ2n) is 4.15. The van der Waals surface area contributed by atoms with E-state index in [1.807, 2.05) is 5.38 Å². The Morgan fingerprint density at radius 1 is 1.50 bits per heavy atom. The maximum Gasteiger partial charge on any atom is 0.268 e. The first-order chi connectivity index (χ1) is 8.68. The highest BCUT2D eigenvalue weighted by Gasteiger charge is 2.24. The predicted molar refractivity (Wildman–Crippen MR) is 68.1 cm³/mol. The lowest BCUT2D eigenvalue weighted by Gasteiger charge is -2.28. The quantitative estimate of drug-likeness (QED) is 0.902. The van der Waals surface area contributed by atoms with Gasteiger partial charge >= 0.3 is 0 Å². The molecule has 1 atom stereocenters. The van der Waals surface area contributed by atoms with E-state index in [1.54, 1.807) is 19.1 Å². The molecule has 1 aliphatic heterocycles. The van der Waals surface area contributed by atoms with Crippen molar-refractivity contribution in [3.63, 3.8) is 0 Å². The Labute approximate surface area is 110 Å². The summed E-state index contributed by atoms with van der Waals surface area (Å²) in [6.45, 7) is 2.83. The molecule has 5 nitrogen and oxygen atoms in total. The summed E-state index contributed by atoms with van der Waals surface area (Å²) in [7, 11) is 0. The van der Waals surface area contributed by atoms with Crippen LogP contribution in [-0.2, 0) is 9.63 Å². The minimum absolute atomic E-state index is 0.195. The summed E-state index contributed by atoms with van der Waals surface area (Å²) in [5, 5.41) is 5.86. The van der Waals surface area contributed by atoms with E-state index in [1.165, 1.54) is 16.4 Å². The molecule has 0 bridgehead atoms. The third kappa shape index (κ3) is 3.08. The molecule has 1 aromatic rings. The molecule has 0 aromatic carbocycles. The van der Waals surface area contributed by atoms with Crippen molar-refractivity contribution < 1.29 is 14.4 Å². The molecule has 2 rings (SSSR count). The third-order valence-electron chi connectivity index (χ3n) is 2.71. The monoisotopic (exact) mass is 268 g/mol. The Bertz CT molecular complexity index is 413. The summed E-state index contributed by atoms with van der Waals surface area (Å²) >= 11 is 1.35. The van der Waals surface area contributed by atoms with Crippen LogP contribution >= 0.6 is 11.3 Å². The first kappa shape index (κ1) is 13.0. The highest BCUT2D eigenvalue weighted by molar-refractivity contribution is 7.12. The van der Waals surface area contributed by atoms with Crippen molar-refractivity contribution in [3.05, 3.63) is 22.4 Å². The Hall–Kier alpha value is -1.40. The second kappa shape index (κ2) is 5.97. The lowest BCUT2D eigenvalue weighted by molar-refractivity contribution is -0.198. The number of thiophene rings is 1. The highest BCUT2D eigenvalue weighted by Crippen LogP contribution is 2.10. The molecular weight excluding hydrogens is 252 g/mol. The van der Waals surface area contributed by atoms with Crippen molar-refractivity contribution in [2.75, 3.05) is 13.2 Å². The summed E-state index contributed by atoms with van der Waals surface area (Å²) in [4.78, 5) is 29.7. The Kier molecular flexibility index (Phi) is 4.33. The Morgan fingerprint density at radius 3 is 2.94 bits per heavy atom. The van der Waals surface area contributed by atoms with Gasteiger partial charge in [0.1, 0.15) is 6.04 Å². The number of carbonyl (C=O) groups is 2. The van der Waals surface area contributed by atoms with Crippen LogP contribution in [-0.4, -0.2) is 36.1 Å². The Morgan fingerprint density at radius 2 is 2.33 bits per heavy atom. The molecule has 98 valence electrons.